The molecule has 0 aliphatic rings. The van der Waals surface area contributed by atoms with E-state index in [4.69, 9.17) is 0 Å². The van der Waals surface area contributed by atoms with Crippen LogP contribution in [0.4, 0.5) is 0 Å². The third kappa shape index (κ3) is 3.00. The molecule has 0 saturated carbocycles. The molecule has 110 valence electrons. The van der Waals surface area contributed by atoms with Crippen LogP contribution in [0, 0.1) is 0 Å². The van der Waals surface area contributed by atoms with E-state index in [1.807, 2.05) is 17.9 Å². The summed E-state index contributed by atoms with van der Waals surface area (Å²) in [5.74, 6) is 0. The van der Waals surface area contributed by atoms with Gasteiger partial charge < -0.3 is 9.88 Å². The van der Waals surface area contributed by atoms with Crippen LogP contribution in [0.1, 0.15) is 24.5 Å². The van der Waals surface area contributed by atoms with Crippen LogP contribution in [0.2, 0.25) is 0 Å². The minimum atomic E-state index is 0.864. The highest BCUT2D eigenvalue weighted by Crippen LogP contribution is 2.21. The maximum atomic E-state index is 4.24. The zero-order valence-corrected chi connectivity index (χ0v) is 12.7. The Kier molecular flexibility index (Phi) is 4.06. The first-order chi connectivity index (χ1) is 10.3. The average Bonchev–Trinajstić information content (AvgIpc) is 3.07. The maximum absolute atomic E-state index is 4.24. The number of hydrogen-bond donors (Lipinski definition) is 1. The van der Waals surface area contributed by atoms with Crippen molar-refractivity contribution in [2.75, 3.05) is 6.54 Å². The average molecular weight is 282 g/mol. The quantitative estimate of drug-likeness (QED) is 0.705. The second kappa shape index (κ2) is 6.14. The van der Waals surface area contributed by atoms with E-state index >= 15 is 0 Å². The summed E-state index contributed by atoms with van der Waals surface area (Å²) in [6, 6.07) is 8.76. The third-order valence-electron chi connectivity index (χ3n) is 3.76. The van der Waals surface area contributed by atoms with Gasteiger partial charge in [-0.25, -0.2) is 0 Å². The van der Waals surface area contributed by atoms with Gasteiger partial charge in [0.2, 0.25) is 0 Å². The van der Waals surface area contributed by atoms with E-state index in [0.29, 0.717) is 0 Å². The molecule has 0 radical (unpaired) electrons. The van der Waals surface area contributed by atoms with Gasteiger partial charge in [0.15, 0.2) is 0 Å². The van der Waals surface area contributed by atoms with Crippen molar-refractivity contribution >= 4 is 10.9 Å². The lowest BCUT2D eigenvalue weighted by atomic mass is 10.1. The lowest BCUT2D eigenvalue weighted by molar-refractivity contribution is 0.678. The van der Waals surface area contributed by atoms with Gasteiger partial charge in [0, 0.05) is 42.5 Å². The van der Waals surface area contributed by atoms with E-state index in [1.54, 1.807) is 0 Å². The minimum absolute atomic E-state index is 0.864. The SMILES string of the molecule is CCCNCc1cccc2c1ccn2Cc1cnn(C)c1. The second-order valence-electron chi connectivity index (χ2n) is 5.49. The number of aryl methyl sites for hydroxylation is 1. The molecule has 0 amide bonds. The first-order valence-electron chi connectivity index (χ1n) is 7.53. The fraction of sp³-hybridized carbons (Fsp3) is 0.353. The van der Waals surface area contributed by atoms with Gasteiger partial charge in [-0.05, 0) is 30.7 Å². The molecule has 0 atom stereocenters. The first-order valence-corrected chi connectivity index (χ1v) is 7.53. The molecule has 4 nitrogen and oxygen atoms in total. The zero-order chi connectivity index (χ0) is 14.7. The fourth-order valence-corrected chi connectivity index (χ4v) is 2.73. The van der Waals surface area contributed by atoms with Crippen molar-refractivity contribution in [1.82, 2.24) is 19.7 Å². The fourth-order valence-electron chi connectivity index (χ4n) is 2.73. The topological polar surface area (TPSA) is 34.8 Å². The number of aromatic nitrogens is 3. The summed E-state index contributed by atoms with van der Waals surface area (Å²) in [7, 11) is 1.95. The molecule has 0 unspecified atom stereocenters. The van der Waals surface area contributed by atoms with Crippen molar-refractivity contribution in [3.63, 3.8) is 0 Å². The van der Waals surface area contributed by atoms with Crippen LogP contribution in [-0.2, 0) is 20.1 Å². The van der Waals surface area contributed by atoms with E-state index in [2.05, 4.69) is 58.6 Å². The highest BCUT2D eigenvalue weighted by molar-refractivity contribution is 5.83. The number of nitrogens with one attached hydrogen (secondary N) is 1. The normalized spacial score (nSPS) is 11.3. The van der Waals surface area contributed by atoms with Crippen molar-refractivity contribution in [3.05, 3.63) is 54.0 Å². The molecule has 3 rings (SSSR count). The van der Waals surface area contributed by atoms with Crippen molar-refractivity contribution < 1.29 is 0 Å². The third-order valence-corrected chi connectivity index (χ3v) is 3.76. The van der Waals surface area contributed by atoms with Crippen LogP contribution < -0.4 is 5.32 Å². The predicted octanol–water partition coefficient (Wildman–Crippen LogP) is 2.92. The number of benzene rings is 1. The van der Waals surface area contributed by atoms with Crippen LogP contribution in [0.25, 0.3) is 10.9 Å². The Bertz CT molecular complexity index is 723. The van der Waals surface area contributed by atoms with Crippen molar-refractivity contribution in [3.8, 4) is 0 Å². The van der Waals surface area contributed by atoms with Crippen molar-refractivity contribution in [2.45, 2.75) is 26.4 Å². The highest BCUT2D eigenvalue weighted by atomic mass is 15.2. The number of fused-ring (bicyclic) bond motifs is 1. The number of hydrogen-bond acceptors (Lipinski definition) is 2. The van der Waals surface area contributed by atoms with E-state index in [0.717, 1.165) is 26.1 Å². The lowest BCUT2D eigenvalue weighted by Gasteiger charge is -2.07. The molecule has 0 saturated heterocycles. The standard InChI is InChI=1S/C17H22N4/c1-3-8-18-11-15-5-4-6-17-16(15)7-9-21(17)13-14-10-19-20(2)12-14/h4-7,9-10,12,18H,3,8,11,13H2,1-2H3. The Morgan fingerprint density at radius 2 is 2.14 bits per heavy atom. The lowest BCUT2D eigenvalue weighted by Crippen LogP contribution is -2.13. The molecule has 1 aromatic carbocycles. The Balaban J connectivity index is 1.86. The first kappa shape index (κ1) is 13.9. The molecule has 2 heterocycles. The zero-order valence-electron chi connectivity index (χ0n) is 12.7. The van der Waals surface area contributed by atoms with Gasteiger partial charge in [-0.2, -0.15) is 5.10 Å². The van der Waals surface area contributed by atoms with Gasteiger partial charge in [0.05, 0.1) is 12.7 Å². The molecule has 2 aromatic heterocycles. The summed E-state index contributed by atoms with van der Waals surface area (Å²) >= 11 is 0. The summed E-state index contributed by atoms with van der Waals surface area (Å²) in [5.41, 5.74) is 3.88. The van der Waals surface area contributed by atoms with Gasteiger partial charge >= 0.3 is 0 Å². The van der Waals surface area contributed by atoms with Gasteiger partial charge in [-0.1, -0.05) is 19.1 Å². The molecule has 0 bridgehead atoms. The summed E-state index contributed by atoms with van der Waals surface area (Å²) in [6.07, 6.45) is 7.33. The van der Waals surface area contributed by atoms with Crippen molar-refractivity contribution in [2.24, 2.45) is 7.05 Å². The molecule has 1 N–H and O–H groups in total. The van der Waals surface area contributed by atoms with Gasteiger partial charge in [-0.3, -0.25) is 4.68 Å². The molecule has 3 aromatic rings. The van der Waals surface area contributed by atoms with Gasteiger partial charge in [0.1, 0.15) is 0 Å². The van der Waals surface area contributed by atoms with E-state index < -0.39 is 0 Å². The van der Waals surface area contributed by atoms with E-state index in [9.17, 15) is 0 Å². The molecule has 0 aliphatic carbocycles. The molecule has 4 heteroatoms. The van der Waals surface area contributed by atoms with Gasteiger partial charge in [0.25, 0.3) is 0 Å². The molecule has 0 fully saturated rings. The van der Waals surface area contributed by atoms with Crippen LogP contribution in [0.5, 0.6) is 0 Å². The Morgan fingerprint density at radius 1 is 1.24 bits per heavy atom. The molecule has 0 aliphatic heterocycles. The smallest absolute Gasteiger partial charge is 0.0539 e. The monoisotopic (exact) mass is 282 g/mol. The Labute approximate surface area is 125 Å². The van der Waals surface area contributed by atoms with Crippen molar-refractivity contribution in [1.29, 1.82) is 0 Å². The van der Waals surface area contributed by atoms with Crippen LogP contribution in [0.15, 0.2) is 42.9 Å². The molecule has 21 heavy (non-hydrogen) atoms. The molecular formula is C17H22N4. The maximum Gasteiger partial charge on any atom is 0.0539 e. The summed E-state index contributed by atoms with van der Waals surface area (Å²) in [4.78, 5) is 0. The second-order valence-corrected chi connectivity index (χ2v) is 5.49. The van der Waals surface area contributed by atoms with Crippen LogP contribution >= 0.6 is 0 Å². The van der Waals surface area contributed by atoms with Crippen LogP contribution in [-0.4, -0.2) is 20.9 Å². The predicted molar refractivity (Wildman–Crippen MR) is 86.2 cm³/mol. The number of nitrogens with zero attached hydrogens (tertiary/aromatic N) is 3. The van der Waals surface area contributed by atoms with E-state index in [-0.39, 0.29) is 0 Å². The van der Waals surface area contributed by atoms with E-state index in [1.165, 1.54) is 22.0 Å². The largest absolute Gasteiger partial charge is 0.343 e. The number of rotatable bonds is 6. The van der Waals surface area contributed by atoms with Crippen LogP contribution in [0.3, 0.4) is 0 Å². The summed E-state index contributed by atoms with van der Waals surface area (Å²) in [6.45, 7) is 5.05. The Morgan fingerprint density at radius 3 is 2.90 bits per heavy atom. The molecule has 0 spiro atoms. The van der Waals surface area contributed by atoms with Gasteiger partial charge in [-0.15, -0.1) is 0 Å². The summed E-state index contributed by atoms with van der Waals surface area (Å²) < 4.78 is 4.14. The Hall–Kier alpha value is -2.07. The highest BCUT2D eigenvalue weighted by Gasteiger charge is 2.06. The minimum Gasteiger partial charge on any atom is -0.343 e. The molecular weight excluding hydrogens is 260 g/mol. The summed E-state index contributed by atoms with van der Waals surface area (Å²) in [5, 5.41) is 9.06.